The van der Waals surface area contributed by atoms with E-state index >= 15 is 0 Å². The highest BCUT2D eigenvalue weighted by molar-refractivity contribution is 5.85. The predicted molar refractivity (Wildman–Crippen MR) is 82.7 cm³/mol. The minimum atomic E-state index is -4.70. The van der Waals surface area contributed by atoms with Crippen LogP contribution in [0.2, 0.25) is 0 Å². The Kier molecular flexibility index (Phi) is 7.62. The zero-order valence-electron chi connectivity index (χ0n) is 12.8. The van der Waals surface area contributed by atoms with E-state index in [1.165, 1.54) is 24.3 Å². The van der Waals surface area contributed by atoms with E-state index in [2.05, 4.69) is 9.64 Å². The van der Waals surface area contributed by atoms with Gasteiger partial charge in [-0.3, -0.25) is 9.69 Å². The van der Waals surface area contributed by atoms with Crippen molar-refractivity contribution in [2.45, 2.75) is 19.2 Å². The van der Waals surface area contributed by atoms with Gasteiger partial charge in [0.05, 0.1) is 5.92 Å². The highest BCUT2D eigenvalue weighted by Gasteiger charge is 2.31. The van der Waals surface area contributed by atoms with E-state index in [1.807, 2.05) is 0 Å². The first-order valence-electron chi connectivity index (χ1n) is 7.27. The quantitative estimate of drug-likeness (QED) is 0.834. The summed E-state index contributed by atoms with van der Waals surface area (Å²) in [5.41, 5.74) is 0. The summed E-state index contributed by atoms with van der Waals surface area (Å²) in [6.07, 6.45) is -3.46. The molecule has 0 unspecified atom stereocenters. The number of piperidine rings is 1. The van der Waals surface area contributed by atoms with Crippen molar-refractivity contribution < 1.29 is 32.5 Å². The number of aliphatic carboxylic acids is 1. The van der Waals surface area contributed by atoms with Gasteiger partial charge in [-0.05, 0) is 50.2 Å². The summed E-state index contributed by atoms with van der Waals surface area (Å²) in [4.78, 5) is 13.0. The van der Waals surface area contributed by atoms with E-state index < -0.39 is 12.3 Å². The third kappa shape index (κ3) is 6.84. The molecule has 5 nitrogen and oxygen atoms in total. The second-order valence-electron chi connectivity index (χ2n) is 5.32. The monoisotopic (exact) mass is 369 g/mol. The molecule has 1 aliphatic heterocycles. The Morgan fingerprint density at radius 2 is 1.71 bits per heavy atom. The highest BCUT2D eigenvalue weighted by atomic mass is 35.5. The normalized spacial score (nSPS) is 16.3. The van der Waals surface area contributed by atoms with Crippen LogP contribution in [0.4, 0.5) is 13.2 Å². The van der Waals surface area contributed by atoms with Gasteiger partial charge in [0.2, 0.25) is 0 Å². The maximum atomic E-state index is 12.0. The lowest BCUT2D eigenvalue weighted by atomic mass is 9.97. The maximum Gasteiger partial charge on any atom is 0.573 e. The molecule has 1 fully saturated rings. The molecule has 0 saturated carbocycles. The summed E-state index contributed by atoms with van der Waals surface area (Å²) in [6.45, 7) is 2.45. The van der Waals surface area contributed by atoms with Gasteiger partial charge >= 0.3 is 12.3 Å². The SMILES string of the molecule is Cl.O=C(O)C1CCN(CCOc2ccc(OC(F)(F)F)cc2)CC1. The number of hydrogen-bond acceptors (Lipinski definition) is 4. The van der Waals surface area contributed by atoms with E-state index in [0.717, 1.165) is 0 Å². The van der Waals surface area contributed by atoms with Crippen LogP contribution >= 0.6 is 12.4 Å². The fraction of sp³-hybridized carbons (Fsp3) is 0.533. The van der Waals surface area contributed by atoms with E-state index in [1.54, 1.807) is 0 Å². The molecule has 1 N–H and O–H groups in total. The molecule has 0 atom stereocenters. The third-order valence-electron chi connectivity index (χ3n) is 3.67. The Morgan fingerprint density at radius 1 is 1.17 bits per heavy atom. The molecule has 1 aromatic carbocycles. The zero-order valence-corrected chi connectivity index (χ0v) is 13.6. The Labute approximate surface area is 143 Å². The largest absolute Gasteiger partial charge is 0.573 e. The number of halogens is 4. The van der Waals surface area contributed by atoms with E-state index in [0.29, 0.717) is 44.8 Å². The first-order chi connectivity index (χ1) is 10.8. The van der Waals surface area contributed by atoms with Gasteiger partial charge in [-0.25, -0.2) is 0 Å². The van der Waals surface area contributed by atoms with Crippen molar-refractivity contribution in [3.63, 3.8) is 0 Å². The molecule has 1 saturated heterocycles. The van der Waals surface area contributed by atoms with Crippen LogP contribution in [0.1, 0.15) is 12.8 Å². The molecule has 0 radical (unpaired) electrons. The van der Waals surface area contributed by atoms with Crippen LogP contribution in [0.25, 0.3) is 0 Å². The molecule has 0 bridgehead atoms. The number of likely N-dealkylation sites (tertiary alicyclic amines) is 1. The third-order valence-corrected chi connectivity index (χ3v) is 3.67. The van der Waals surface area contributed by atoms with Crippen LogP contribution in [0.5, 0.6) is 11.5 Å². The second kappa shape index (κ2) is 8.98. The Balaban J connectivity index is 0.00000288. The van der Waals surface area contributed by atoms with Gasteiger partial charge in [-0.1, -0.05) is 0 Å². The van der Waals surface area contributed by atoms with Crippen molar-refractivity contribution in [3.05, 3.63) is 24.3 Å². The summed E-state index contributed by atoms with van der Waals surface area (Å²) < 4.78 is 45.3. The van der Waals surface area contributed by atoms with Crippen LogP contribution in [0.15, 0.2) is 24.3 Å². The molecule has 2 rings (SSSR count). The molecular weight excluding hydrogens is 351 g/mol. The number of carboxylic acid groups (broad SMARTS) is 1. The Hall–Kier alpha value is -1.67. The average molecular weight is 370 g/mol. The Morgan fingerprint density at radius 3 is 2.21 bits per heavy atom. The number of hydrogen-bond donors (Lipinski definition) is 1. The van der Waals surface area contributed by atoms with Crippen molar-refractivity contribution in [2.75, 3.05) is 26.2 Å². The molecule has 0 aromatic heterocycles. The van der Waals surface area contributed by atoms with Gasteiger partial charge in [0.15, 0.2) is 0 Å². The number of benzene rings is 1. The number of ether oxygens (including phenoxy) is 2. The van der Waals surface area contributed by atoms with Crippen LogP contribution in [0, 0.1) is 5.92 Å². The highest BCUT2D eigenvalue weighted by Crippen LogP contribution is 2.24. The smallest absolute Gasteiger partial charge is 0.492 e. The van der Waals surface area contributed by atoms with Gasteiger partial charge in [0.25, 0.3) is 0 Å². The first kappa shape index (κ1) is 20.4. The minimum Gasteiger partial charge on any atom is -0.492 e. The van der Waals surface area contributed by atoms with Gasteiger partial charge in [-0.2, -0.15) is 0 Å². The Bertz CT molecular complexity index is 516. The van der Waals surface area contributed by atoms with Gasteiger partial charge in [0.1, 0.15) is 18.1 Å². The van der Waals surface area contributed by atoms with Crippen LogP contribution < -0.4 is 9.47 Å². The predicted octanol–water partition coefficient (Wildman–Crippen LogP) is 3.18. The molecule has 24 heavy (non-hydrogen) atoms. The molecule has 0 amide bonds. The molecule has 136 valence electrons. The standard InChI is InChI=1S/C15H18F3NO4.ClH/c16-15(17,18)23-13-3-1-12(2-4-13)22-10-9-19-7-5-11(6-8-19)14(20)21;/h1-4,11H,5-10H2,(H,20,21);1H. The van der Waals surface area contributed by atoms with Gasteiger partial charge in [0, 0.05) is 6.54 Å². The number of carbonyl (C=O) groups is 1. The van der Waals surface area contributed by atoms with Crippen molar-refractivity contribution >= 4 is 18.4 Å². The zero-order chi connectivity index (χ0) is 16.9. The molecule has 1 aromatic rings. The summed E-state index contributed by atoms with van der Waals surface area (Å²) in [6, 6.07) is 5.22. The number of rotatable bonds is 6. The molecule has 1 aliphatic rings. The van der Waals surface area contributed by atoms with Crippen molar-refractivity contribution in [2.24, 2.45) is 5.92 Å². The lowest BCUT2D eigenvalue weighted by Crippen LogP contribution is -2.38. The molecule has 0 aliphatic carbocycles. The molecule has 1 heterocycles. The fourth-order valence-electron chi connectivity index (χ4n) is 2.43. The summed E-state index contributed by atoms with van der Waals surface area (Å²) in [7, 11) is 0. The summed E-state index contributed by atoms with van der Waals surface area (Å²) >= 11 is 0. The molecule has 9 heteroatoms. The van der Waals surface area contributed by atoms with Crippen LogP contribution in [-0.2, 0) is 4.79 Å². The van der Waals surface area contributed by atoms with Crippen molar-refractivity contribution in [1.29, 1.82) is 0 Å². The van der Waals surface area contributed by atoms with Crippen molar-refractivity contribution in [1.82, 2.24) is 4.90 Å². The maximum absolute atomic E-state index is 12.0. The lowest BCUT2D eigenvalue weighted by molar-refractivity contribution is -0.274. The minimum absolute atomic E-state index is 0. The second-order valence-corrected chi connectivity index (χ2v) is 5.32. The summed E-state index contributed by atoms with van der Waals surface area (Å²) in [5.74, 6) is -0.851. The van der Waals surface area contributed by atoms with E-state index in [9.17, 15) is 18.0 Å². The molecular formula is C15H19ClF3NO4. The fourth-order valence-corrected chi connectivity index (χ4v) is 2.43. The molecule has 0 spiro atoms. The van der Waals surface area contributed by atoms with Crippen LogP contribution in [-0.4, -0.2) is 48.6 Å². The van der Waals surface area contributed by atoms with E-state index in [-0.39, 0.29) is 24.1 Å². The van der Waals surface area contributed by atoms with E-state index in [4.69, 9.17) is 9.84 Å². The summed E-state index contributed by atoms with van der Waals surface area (Å²) in [5, 5.41) is 8.92. The van der Waals surface area contributed by atoms with Gasteiger partial charge < -0.3 is 14.6 Å². The number of carboxylic acids is 1. The first-order valence-corrected chi connectivity index (χ1v) is 7.27. The van der Waals surface area contributed by atoms with Crippen molar-refractivity contribution in [3.8, 4) is 11.5 Å². The lowest BCUT2D eigenvalue weighted by Gasteiger charge is -2.29. The topological polar surface area (TPSA) is 59.0 Å². The number of alkyl halides is 3. The number of nitrogens with zero attached hydrogens (tertiary/aromatic N) is 1. The average Bonchev–Trinajstić information content (AvgIpc) is 2.48. The van der Waals surface area contributed by atoms with Gasteiger partial charge in [-0.15, -0.1) is 25.6 Å². The van der Waals surface area contributed by atoms with Crippen LogP contribution in [0.3, 0.4) is 0 Å².